The highest BCUT2D eigenvalue weighted by atomic mass is 35.5. The molecule has 0 amide bonds. The molecule has 1 aromatic carbocycles. The molecule has 0 saturated carbocycles. The Labute approximate surface area is 115 Å². The van der Waals surface area contributed by atoms with Gasteiger partial charge in [-0.25, -0.2) is 0 Å². The molecule has 2 rings (SSSR count). The average Bonchev–Trinajstić information content (AvgIpc) is 2.31. The molecular weight excluding hydrogens is 246 g/mol. The van der Waals surface area contributed by atoms with Crippen molar-refractivity contribution < 1.29 is 5.11 Å². The fraction of sp³-hybridized carbons (Fsp3) is 0.600. The molecule has 0 radical (unpaired) electrons. The van der Waals surface area contributed by atoms with Gasteiger partial charge < -0.3 is 10.0 Å². The summed E-state index contributed by atoms with van der Waals surface area (Å²) in [5.74, 6) is 0.585. The van der Waals surface area contributed by atoms with Crippen LogP contribution >= 0.6 is 11.6 Å². The average molecular weight is 268 g/mol. The summed E-state index contributed by atoms with van der Waals surface area (Å²) in [7, 11) is 0. The van der Waals surface area contributed by atoms with Gasteiger partial charge in [-0.2, -0.15) is 0 Å². The van der Waals surface area contributed by atoms with E-state index in [0.29, 0.717) is 5.92 Å². The Hall–Kier alpha value is -0.730. The molecule has 100 valence electrons. The van der Waals surface area contributed by atoms with Crippen LogP contribution in [0.3, 0.4) is 0 Å². The molecular formula is C15H22ClNO. The summed E-state index contributed by atoms with van der Waals surface area (Å²) in [5.41, 5.74) is 1.35. The molecule has 2 nitrogen and oxygen atoms in total. The number of nitrogens with zero attached hydrogens (tertiary/aromatic N) is 1. The van der Waals surface area contributed by atoms with Gasteiger partial charge in [-0.15, -0.1) is 0 Å². The van der Waals surface area contributed by atoms with Gasteiger partial charge in [0, 0.05) is 29.4 Å². The minimum atomic E-state index is 0.163. The van der Waals surface area contributed by atoms with Crippen LogP contribution in [0.25, 0.3) is 0 Å². The summed E-state index contributed by atoms with van der Waals surface area (Å²) in [6.07, 6.45) is 3.25. The molecule has 0 aliphatic carbocycles. The molecule has 1 aromatic rings. The number of piperidine rings is 1. The molecule has 1 N–H and O–H groups in total. The smallest absolute Gasteiger partial charge is 0.0434 e. The van der Waals surface area contributed by atoms with Gasteiger partial charge in [0.15, 0.2) is 0 Å². The van der Waals surface area contributed by atoms with E-state index in [0.717, 1.165) is 24.4 Å². The maximum Gasteiger partial charge on any atom is 0.0434 e. The zero-order valence-electron chi connectivity index (χ0n) is 11.2. The van der Waals surface area contributed by atoms with Crippen LogP contribution in [0.2, 0.25) is 5.02 Å². The largest absolute Gasteiger partial charge is 0.396 e. The number of aliphatic hydroxyl groups is 1. The van der Waals surface area contributed by atoms with E-state index in [1.165, 1.54) is 12.1 Å². The summed E-state index contributed by atoms with van der Waals surface area (Å²) in [6, 6.07) is 8.07. The fourth-order valence-electron chi connectivity index (χ4n) is 2.81. The van der Waals surface area contributed by atoms with Crippen molar-refractivity contribution in [1.82, 2.24) is 0 Å². The summed E-state index contributed by atoms with van der Waals surface area (Å²) in [5, 5.41) is 9.89. The standard InChI is InChI=1S/C15H22ClNO/c1-15(2)8-6-12(7-9-18)11-17(15)14-5-3-4-13(16)10-14/h3-5,10,12,18H,6-9,11H2,1-2H3. The van der Waals surface area contributed by atoms with Gasteiger partial charge in [0.2, 0.25) is 0 Å². The van der Waals surface area contributed by atoms with E-state index in [1.807, 2.05) is 18.2 Å². The molecule has 1 saturated heterocycles. The first-order valence-electron chi connectivity index (χ1n) is 6.67. The summed E-state index contributed by atoms with van der Waals surface area (Å²) >= 11 is 6.09. The topological polar surface area (TPSA) is 23.5 Å². The van der Waals surface area contributed by atoms with E-state index in [2.05, 4.69) is 24.8 Å². The fourth-order valence-corrected chi connectivity index (χ4v) is 2.99. The molecule has 1 fully saturated rings. The molecule has 1 aliphatic rings. The van der Waals surface area contributed by atoms with Gasteiger partial charge in [-0.05, 0) is 57.2 Å². The Morgan fingerprint density at radius 1 is 1.44 bits per heavy atom. The van der Waals surface area contributed by atoms with Crippen molar-refractivity contribution >= 4 is 17.3 Å². The van der Waals surface area contributed by atoms with Crippen LogP contribution in [0.5, 0.6) is 0 Å². The van der Waals surface area contributed by atoms with Crippen molar-refractivity contribution in [3.05, 3.63) is 29.3 Å². The van der Waals surface area contributed by atoms with Crippen LogP contribution in [0.4, 0.5) is 5.69 Å². The first-order valence-corrected chi connectivity index (χ1v) is 7.05. The van der Waals surface area contributed by atoms with E-state index in [4.69, 9.17) is 16.7 Å². The highest BCUT2D eigenvalue weighted by molar-refractivity contribution is 6.30. The number of rotatable bonds is 3. The second-order valence-corrected chi connectivity index (χ2v) is 6.26. The second-order valence-electron chi connectivity index (χ2n) is 5.82. The van der Waals surface area contributed by atoms with E-state index in [9.17, 15) is 0 Å². The lowest BCUT2D eigenvalue weighted by Gasteiger charge is -2.47. The van der Waals surface area contributed by atoms with Crippen LogP contribution in [-0.4, -0.2) is 23.8 Å². The maximum atomic E-state index is 9.11. The minimum Gasteiger partial charge on any atom is -0.396 e. The van der Waals surface area contributed by atoms with E-state index < -0.39 is 0 Å². The zero-order chi connectivity index (χ0) is 13.2. The Bertz CT molecular complexity index is 405. The number of hydrogen-bond acceptors (Lipinski definition) is 2. The SMILES string of the molecule is CC1(C)CCC(CCO)CN1c1cccc(Cl)c1. The van der Waals surface area contributed by atoms with Crippen molar-refractivity contribution in [2.75, 3.05) is 18.1 Å². The van der Waals surface area contributed by atoms with Gasteiger partial charge in [-0.1, -0.05) is 17.7 Å². The summed E-state index contributed by atoms with van der Waals surface area (Å²) in [6.45, 7) is 5.86. The molecule has 18 heavy (non-hydrogen) atoms. The third-order valence-corrected chi connectivity index (χ3v) is 4.23. The predicted octanol–water partition coefficient (Wildman–Crippen LogP) is 3.72. The predicted molar refractivity (Wildman–Crippen MR) is 77.3 cm³/mol. The van der Waals surface area contributed by atoms with Crippen molar-refractivity contribution in [3.63, 3.8) is 0 Å². The number of aliphatic hydroxyl groups excluding tert-OH is 1. The quantitative estimate of drug-likeness (QED) is 0.902. The lowest BCUT2D eigenvalue weighted by atomic mass is 9.83. The summed E-state index contributed by atoms with van der Waals surface area (Å²) < 4.78 is 0. The second kappa shape index (κ2) is 5.50. The normalized spacial score (nSPS) is 23.1. The highest BCUT2D eigenvalue weighted by Crippen LogP contribution is 2.36. The van der Waals surface area contributed by atoms with Crippen LogP contribution in [0.1, 0.15) is 33.1 Å². The van der Waals surface area contributed by atoms with Crippen LogP contribution < -0.4 is 4.90 Å². The Morgan fingerprint density at radius 3 is 2.89 bits per heavy atom. The minimum absolute atomic E-state index is 0.163. The molecule has 1 atom stereocenters. The monoisotopic (exact) mass is 267 g/mol. The van der Waals surface area contributed by atoms with Crippen molar-refractivity contribution in [1.29, 1.82) is 0 Å². The molecule has 0 spiro atoms. The van der Waals surface area contributed by atoms with Crippen LogP contribution in [-0.2, 0) is 0 Å². The molecule has 3 heteroatoms. The molecule has 1 unspecified atom stereocenters. The number of benzene rings is 1. The molecule has 1 heterocycles. The highest BCUT2D eigenvalue weighted by Gasteiger charge is 2.33. The third-order valence-electron chi connectivity index (χ3n) is 3.99. The van der Waals surface area contributed by atoms with Crippen LogP contribution in [0.15, 0.2) is 24.3 Å². The van der Waals surface area contributed by atoms with Gasteiger partial charge in [-0.3, -0.25) is 0 Å². The van der Waals surface area contributed by atoms with Crippen molar-refractivity contribution in [2.24, 2.45) is 5.92 Å². The van der Waals surface area contributed by atoms with E-state index in [-0.39, 0.29) is 12.1 Å². The number of halogens is 1. The number of hydrogen-bond donors (Lipinski definition) is 1. The molecule has 0 bridgehead atoms. The Balaban J connectivity index is 2.21. The van der Waals surface area contributed by atoms with E-state index in [1.54, 1.807) is 0 Å². The van der Waals surface area contributed by atoms with Crippen LogP contribution in [0, 0.1) is 5.92 Å². The molecule has 0 aromatic heterocycles. The lowest BCUT2D eigenvalue weighted by Crippen LogP contribution is -2.50. The zero-order valence-corrected chi connectivity index (χ0v) is 12.0. The van der Waals surface area contributed by atoms with Crippen molar-refractivity contribution in [3.8, 4) is 0 Å². The Morgan fingerprint density at radius 2 is 2.22 bits per heavy atom. The first-order chi connectivity index (χ1) is 8.53. The van der Waals surface area contributed by atoms with Gasteiger partial charge >= 0.3 is 0 Å². The first kappa shape index (κ1) is 13.7. The molecule has 1 aliphatic heterocycles. The van der Waals surface area contributed by atoms with Gasteiger partial charge in [0.25, 0.3) is 0 Å². The Kier molecular flexibility index (Phi) is 4.18. The lowest BCUT2D eigenvalue weighted by molar-refractivity contribution is 0.217. The van der Waals surface area contributed by atoms with E-state index >= 15 is 0 Å². The van der Waals surface area contributed by atoms with Gasteiger partial charge in [0.1, 0.15) is 0 Å². The number of anilines is 1. The maximum absolute atomic E-state index is 9.11. The summed E-state index contributed by atoms with van der Waals surface area (Å²) in [4.78, 5) is 2.43. The third kappa shape index (κ3) is 2.99. The van der Waals surface area contributed by atoms with Gasteiger partial charge in [0.05, 0.1) is 0 Å². The van der Waals surface area contributed by atoms with Crippen molar-refractivity contribution in [2.45, 2.75) is 38.6 Å².